The Kier molecular flexibility index (Phi) is 5.92. The molecule has 1 aromatic heterocycles. The van der Waals surface area contributed by atoms with Crippen LogP contribution in [0.2, 0.25) is 0 Å². The summed E-state index contributed by atoms with van der Waals surface area (Å²) in [6, 6.07) is 0. The van der Waals surface area contributed by atoms with Crippen LogP contribution in [0.25, 0.3) is 0 Å². The molecule has 1 amide bonds. The largest absolute Gasteiger partial charge is 0.328 e. The van der Waals surface area contributed by atoms with Gasteiger partial charge in [-0.3, -0.25) is 9.10 Å². The van der Waals surface area contributed by atoms with Crippen LogP contribution in [-0.2, 0) is 23.0 Å². The van der Waals surface area contributed by atoms with E-state index in [1.807, 2.05) is 0 Å². The van der Waals surface area contributed by atoms with Gasteiger partial charge in [-0.25, -0.2) is 13.5 Å². The lowest BCUT2D eigenvalue weighted by molar-refractivity contribution is -0.117. The van der Waals surface area contributed by atoms with Gasteiger partial charge in [-0.1, -0.05) is 19.3 Å². The number of anilines is 1. The minimum atomic E-state index is -1.52. The zero-order valence-corrected chi connectivity index (χ0v) is 14.8. The maximum atomic E-state index is 12.5. The molecule has 23 heavy (non-hydrogen) atoms. The van der Waals surface area contributed by atoms with Gasteiger partial charge in [0.05, 0.1) is 6.33 Å². The molecule has 0 radical (unpaired) electrons. The second-order valence-corrected chi connectivity index (χ2v) is 7.33. The van der Waals surface area contributed by atoms with E-state index in [0.717, 1.165) is 32.1 Å². The minimum absolute atomic E-state index is 0.229. The molecule has 7 nitrogen and oxygen atoms in total. The van der Waals surface area contributed by atoms with Crippen molar-refractivity contribution >= 4 is 28.7 Å². The van der Waals surface area contributed by atoms with Gasteiger partial charge >= 0.3 is 0 Å². The summed E-state index contributed by atoms with van der Waals surface area (Å²) in [7, 11) is 3.45. The van der Waals surface area contributed by atoms with Gasteiger partial charge in [0.15, 0.2) is 11.5 Å². The second kappa shape index (κ2) is 7.72. The molecule has 8 heteroatoms. The van der Waals surface area contributed by atoms with Crippen LogP contribution in [0.1, 0.15) is 55.9 Å². The standard InChI is InChI=1S/C15H24N4O3S/c1-12(20)9-7-5-4-6-8-10-19-15(21)13-14(16-11-17(13)2)18(3)23(19)22/h11H,4-10H2,1-3H3. The molecule has 1 aromatic rings. The molecule has 1 aliphatic heterocycles. The highest BCUT2D eigenvalue weighted by atomic mass is 32.2. The Hall–Kier alpha value is -1.70. The Morgan fingerprint density at radius 2 is 1.83 bits per heavy atom. The van der Waals surface area contributed by atoms with E-state index in [9.17, 15) is 13.8 Å². The molecule has 0 spiro atoms. The lowest BCUT2D eigenvalue weighted by atomic mass is 10.1. The minimum Gasteiger partial charge on any atom is -0.328 e. The number of fused-ring (bicyclic) bond motifs is 1. The highest BCUT2D eigenvalue weighted by molar-refractivity contribution is 7.84. The molecule has 2 rings (SSSR count). The number of ketones is 1. The van der Waals surface area contributed by atoms with Crippen molar-refractivity contribution in [3.63, 3.8) is 0 Å². The van der Waals surface area contributed by atoms with Crippen molar-refractivity contribution in [3.05, 3.63) is 12.0 Å². The molecule has 0 aromatic carbocycles. The zero-order chi connectivity index (χ0) is 17.0. The Bertz CT molecular complexity index is 614. The summed E-state index contributed by atoms with van der Waals surface area (Å²) >= 11 is -1.52. The van der Waals surface area contributed by atoms with Gasteiger partial charge in [0, 0.05) is 27.1 Å². The van der Waals surface area contributed by atoms with E-state index in [4.69, 9.17) is 0 Å². The summed E-state index contributed by atoms with van der Waals surface area (Å²) in [4.78, 5) is 27.5. The number of carbonyl (C=O) groups is 2. The molecule has 0 saturated carbocycles. The van der Waals surface area contributed by atoms with E-state index in [2.05, 4.69) is 4.98 Å². The van der Waals surface area contributed by atoms with Gasteiger partial charge in [-0.15, -0.1) is 0 Å². The van der Waals surface area contributed by atoms with Crippen LogP contribution < -0.4 is 4.31 Å². The first-order valence-corrected chi connectivity index (χ1v) is 8.98. The average molecular weight is 340 g/mol. The Balaban J connectivity index is 1.84. The van der Waals surface area contributed by atoms with Crippen molar-refractivity contribution in [2.24, 2.45) is 7.05 Å². The summed E-state index contributed by atoms with van der Waals surface area (Å²) < 4.78 is 17.0. The first kappa shape index (κ1) is 17.7. The van der Waals surface area contributed by atoms with Gasteiger partial charge in [-0.2, -0.15) is 0 Å². The Labute approximate surface area is 139 Å². The first-order chi connectivity index (χ1) is 10.9. The summed E-state index contributed by atoms with van der Waals surface area (Å²) in [5.74, 6) is 0.471. The smallest absolute Gasteiger partial charge is 0.287 e. The molecule has 0 N–H and O–H groups in total. The molecule has 0 saturated heterocycles. The highest BCUT2D eigenvalue weighted by Crippen LogP contribution is 2.27. The van der Waals surface area contributed by atoms with Crippen LogP contribution in [-0.4, -0.2) is 43.3 Å². The van der Waals surface area contributed by atoms with E-state index >= 15 is 0 Å². The van der Waals surface area contributed by atoms with E-state index < -0.39 is 11.2 Å². The lowest BCUT2D eigenvalue weighted by Gasteiger charge is -2.31. The maximum Gasteiger partial charge on any atom is 0.287 e. The third-order valence-corrected chi connectivity index (χ3v) is 5.32. The fourth-order valence-electron chi connectivity index (χ4n) is 2.65. The van der Waals surface area contributed by atoms with E-state index in [-0.39, 0.29) is 11.7 Å². The molecule has 0 aliphatic carbocycles. The normalized spacial score (nSPS) is 17.5. The number of nitrogens with zero attached hydrogens (tertiary/aromatic N) is 4. The van der Waals surface area contributed by atoms with Crippen LogP contribution >= 0.6 is 0 Å². The molecule has 1 atom stereocenters. The molecule has 128 valence electrons. The number of amides is 1. The van der Waals surface area contributed by atoms with Gasteiger partial charge in [0.1, 0.15) is 5.78 Å². The summed E-state index contributed by atoms with van der Waals surface area (Å²) in [6.07, 6.45) is 6.93. The summed E-state index contributed by atoms with van der Waals surface area (Å²) in [6.45, 7) is 2.08. The predicted octanol–water partition coefficient (Wildman–Crippen LogP) is 1.82. The Morgan fingerprint density at radius 1 is 1.17 bits per heavy atom. The quantitative estimate of drug-likeness (QED) is 0.677. The SMILES string of the molecule is CC(=O)CCCCCCCN1C(=O)c2c(ncn2C)N(C)S1=O. The molecule has 0 fully saturated rings. The molecular weight excluding hydrogens is 316 g/mol. The Morgan fingerprint density at radius 3 is 2.52 bits per heavy atom. The zero-order valence-electron chi connectivity index (χ0n) is 13.9. The topological polar surface area (TPSA) is 75.5 Å². The van der Waals surface area contributed by atoms with Crippen molar-refractivity contribution in [2.45, 2.75) is 45.4 Å². The highest BCUT2D eigenvalue weighted by Gasteiger charge is 2.36. The number of hydrogen-bond acceptors (Lipinski definition) is 4. The molecule has 1 aliphatic rings. The maximum absolute atomic E-state index is 12.5. The second-order valence-electron chi connectivity index (χ2n) is 5.88. The van der Waals surface area contributed by atoms with Gasteiger partial charge < -0.3 is 9.36 Å². The summed E-state index contributed by atoms with van der Waals surface area (Å²) in [5.41, 5.74) is 0.480. The van der Waals surface area contributed by atoms with Crippen LogP contribution in [0.15, 0.2) is 6.33 Å². The number of imidazole rings is 1. The van der Waals surface area contributed by atoms with Gasteiger partial charge in [-0.05, 0) is 19.8 Å². The van der Waals surface area contributed by atoms with Gasteiger partial charge in [0.2, 0.25) is 11.2 Å². The van der Waals surface area contributed by atoms with Crippen molar-refractivity contribution in [3.8, 4) is 0 Å². The predicted molar refractivity (Wildman–Crippen MR) is 89.2 cm³/mol. The third kappa shape index (κ3) is 3.99. The van der Waals surface area contributed by atoms with Crippen LogP contribution in [0, 0.1) is 0 Å². The third-order valence-electron chi connectivity index (χ3n) is 3.96. The molecule has 1 unspecified atom stereocenters. The number of Topliss-reactive ketones (excluding diaryl/α,β-unsaturated/α-hetero) is 1. The van der Waals surface area contributed by atoms with Gasteiger partial charge in [0.25, 0.3) is 5.91 Å². The number of hydrogen-bond donors (Lipinski definition) is 0. The lowest BCUT2D eigenvalue weighted by Crippen LogP contribution is -2.46. The van der Waals surface area contributed by atoms with Crippen LogP contribution in [0.4, 0.5) is 5.82 Å². The number of unbranched alkanes of at least 4 members (excludes halogenated alkanes) is 4. The van der Waals surface area contributed by atoms with E-state index in [1.54, 1.807) is 31.9 Å². The monoisotopic (exact) mass is 340 g/mol. The first-order valence-electron chi connectivity index (χ1n) is 7.92. The number of aromatic nitrogens is 2. The molecule has 2 heterocycles. The van der Waals surface area contributed by atoms with Crippen molar-refractivity contribution in [2.75, 3.05) is 17.9 Å². The summed E-state index contributed by atoms with van der Waals surface area (Å²) in [5, 5.41) is 0. The van der Waals surface area contributed by atoms with Crippen molar-refractivity contribution < 1.29 is 13.8 Å². The number of aryl methyl sites for hydroxylation is 1. The fraction of sp³-hybridized carbons (Fsp3) is 0.667. The fourth-order valence-corrected chi connectivity index (χ4v) is 3.74. The van der Waals surface area contributed by atoms with Crippen molar-refractivity contribution in [1.82, 2.24) is 13.9 Å². The number of carbonyl (C=O) groups excluding carboxylic acids is 2. The van der Waals surface area contributed by atoms with Crippen LogP contribution in [0.5, 0.6) is 0 Å². The number of rotatable bonds is 8. The average Bonchev–Trinajstić information content (AvgIpc) is 2.89. The van der Waals surface area contributed by atoms with E-state index in [1.165, 1.54) is 8.61 Å². The molecular formula is C15H24N4O3S. The van der Waals surface area contributed by atoms with Crippen LogP contribution in [0.3, 0.4) is 0 Å². The molecule has 0 bridgehead atoms. The van der Waals surface area contributed by atoms with Crippen molar-refractivity contribution in [1.29, 1.82) is 0 Å². The van der Waals surface area contributed by atoms with E-state index in [0.29, 0.717) is 24.5 Å².